The van der Waals surface area contributed by atoms with Crippen molar-refractivity contribution in [3.8, 4) is 17.2 Å². The van der Waals surface area contributed by atoms with Gasteiger partial charge in [0, 0.05) is 42.0 Å². The SMILES string of the molecule is COc1cccc2c1C(=O)c1c(O)c3c(c(O)c1C2=O)C[C@@](O)(C(C)=O)C[C@@H]3O[C@H]1CC(N)[C@@H](O)C(C)O1. The number of carbonyl (C=O) groups excluding carboxylic acids is 3. The summed E-state index contributed by atoms with van der Waals surface area (Å²) in [6.07, 6.45) is -4.53. The Bertz CT molecular complexity index is 1360. The average molecular weight is 528 g/mol. The number of benzene rings is 2. The van der Waals surface area contributed by atoms with Crippen LogP contribution < -0.4 is 10.5 Å². The van der Waals surface area contributed by atoms with E-state index in [1.165, 1.54) is 32.2 Å². The van der Waals surface area contributed by atoms with Crippen LogP contribution in [0.3, 0.4) is 0 Å². The first-order chi connectivity index (χ1) is 17.9. The van der Waals surface area contributed by atoms with E-state index in [4.69, 9.17) is 19.9 Å². The molecule has 1 fully saturated rings. The van der Waals surface area contributed by atoms with Crippen molar-refractivity contribution in [1.82, 2.24) is 0 Å². The summed E-state index contributed by atoms with van der Waals surface area (Å²) in [5, 5.41) is 44.1. The lowest BCUT2D eigenvalue weighted by Crippen LogP contribution is -2.52. The highest BCUT2D eigenvalue weighted by molar-refractivity contribution is 6.31. The number of carbonyl (C=O) groups is 3. The van der Waals surface area contributed by atoms with Gasteiger partial charge in [-0.05, 0) is 19.9 Å². The highest BCUT2D eigenvalue weighted by Gasteiger charge is 2.49. The van der Waals surface area contributed by atoms with Crippen molar-refractivity contribution >= 4 is 17.3 Å². The summed E-state index contributed by atoms with van der Waals surface area (Å²) in [6, 6.07) is 3.75. The summed E-state index contributed by atoms with van der Waals surface area (Å²) in [7, 11) is 1.34. The molecule has 1 aliphatic heterocycles. The summed E-state index contributed by atoms with van der Waals surface area (Å²) >= 11 is 0. The van der Waals surface area contributed by atoms with E-state index in [2.05, 4.69) is 0 Å². The molecule has 2 unspecified atom stereocenters. The predicted molar refractivity (Wildman–Crippen MR) is 130 cm³/mol. The molecule has 2 aromatic rings. The number of aliphatic hydroxyl groups excluding tert-OH is 1. The number of phenolic OH excluding ortho intramolecular Hbond substituents is 2. The first-order valence-electron chi connectivity index (χ1n) is 12.2. The molecule has 0 aromatic heterocycles. The second kappa shape index (κ2) is 9.14. The number of nitrogens with two attached hydrogens (primary N) is 1. The van der Waals surface area contributed by atoms with Crippen LogP contribution in [0.1, 0.15) is 75.8 Å². The van der Waals surface area contributed by atoms with Gasteiger partial charge in [0.2, 0.25) is 5.78 Å². The highest BCUT2D eigenvalue weighted by Crippen LogP contribution is 2.52. The monoisotopic (exact) mass is 527 g/mol. The van der Waals surface area contributed by atoms with Gasteiger partial charge in [0.15, 0.2) is 17.9 Å². The van der Waals surface area contributed by atoms with Crippen molar-refractivity contribution in [2.24, 2.45) is 5.73 Å². The average Bonchev–Trinajstić information content (AvgIpc) is 2.87. The first-order valence-corrected chi connectivity index (χ1v) is 12.2. The van der Waals surface area contributed by atoms with Crippen LogP contribution >= 0.6 is 0 Å². The third kappa shape index (κ3) is 3.81. The fourth-order valence-corrected chi connectivity index (χ4v) is 5.66. The Morgan fingerprint density at radius 1 is 1.13 bits per heavy atom. The number of ether oxygens (including phenoxy) is 3. The standard InChI is InChI=1S/C27H29NO10/c1-10-22(30)14(28)7-17(37-10)38-16-9-27(35,11(2)29)8-13-19(16)26(34)21-20(24(13)32)23(31)12-5-4-6-15(36-3)18(12)25(21)33/h4-6,10,14,16-17,22,30,32,34-35H,7-9,28H2,1-3H3/t10?,14?,16-,17-,22-,27-/m0/s1. The second-order valence-corrected chi connectivity index (χ2v) is 10.1. The Kier molecular flexibility index (Phi) is 6.32. The van der Waals surface area contributed by atoms with Gasteiger partial charge in [0.05, 0.1) is 42.1 Å². The Hall–Kier alpha value is -3.35. The topological polar surface area (TPSA) is 186 Å². The van der Waals surface area contributed by atoms with Crippen LogP contribution in [0.5, 0.6) is 17.2 Å². The summed E-state index contributed by atoms with van der Waals surface area (Å²) in [4.78, 5) is 39.6. The van der Waals surface area contributed by atoms with Crippen LogP contribution in [0.15, 0.2) is 18.2 Å². The molecule has 11 heteroatoms. The maximum absolute atomic E-state index is 13.6. The zero-order valence-corrected chi connectivity index (χ0v) is 21.1. The van der Waals surface area contributed by atoms with E-state index in [0.717, 1.165) is 0 Å². The zero-order chi connectivity index (χ0) is 27.7. The van der Waals surface area contributed by atoms with Crippen molar-refractivity contribution < 1.29 is 49.0 Å². The van der Waals surface area contributed by atoms with E-state index in [-0.39, 0.29) is 40.8 Å². The van der Waals surface area contributed by atoms with Crippen molar-refractivity contribution in [3.63, 3.8) is 0 Å². The van der Waals surface area contributed by atoms with Gasteiger partial charge < -0.3 is 40.4 Å². The lowest BCUT2D eigenvalue weighted by atomic mass is 9.72. The number of hydrogen-bond donors (Lipinski definition) is 5. The number of aromatic hydroxyl groups is 2. The Labute approximate surface area is 217 Å². The number of rotatable bonds is 4. The van der Waals surface area contributed by atoms with E-state index in [1.807, 2.05) is 0 Å². The van der Waals surface area contributed by atoms with Gasteiger partial charge >= 0.3 is 0 Å². The molecule has 202 valence electrons. The summed E-state index contributed by atoms with van der Waals surface area (Å²) in [5.41, 5.74) is 2.97. The summed E-state index contributed by atoms with van der Waals surface area (Å²) in [6.45, 7) is 2.79. The van der Waals surface area contributed by atoms with Gasteiger partial charge in [-0.3, -0.25) is 14.4 Å². The normalized spacial score (nSPS) is 30.3. The van der Waals surface area contributed by atoms with Crippen LogP contribution in [0.4, 0.5) is 0 Å². The molecular formula is C27H29NO10. The maximum Gasteiger partial charge on any atom is 0.202 e. The Morgan fingerprint density at radius 3 is 2.45 bits per heavy atom. The van der Waals surface area contributed by atoms with Crippen molar-refractivity contribution in [3.05, 3.63) is 51.6 Å². The number of aliphatic hydroxyl groups is 2. The van der Waals surface area contributed by atoms with Crippen LogP contribution in [0.2, 0.25) is 0 Å². The fraction of sp³-hybridized carbons (Fsp3) is 0.444. The molecule has 0 bridgehead atoms. The number of hydrogen-bond acceptors (Lipinski definition) is 11. The Balaban J connectivity index is 1.68. The maximum atomic E-state index is 13.6. The molecule has 38 heavy (non-hydrogen) atoms. The van der Waals surface area contributed by atoms with Crippen LogP contribution in [0, 0.1) is 0 Å². The van der Waals surface area contributed by atoms with E-state index in [0.29, 0.717) is 0 Å². The van der Waals surface area contributed by atoms with Crippen molar-refractivity contribution in [2.75, 3.05) is 7.11 Å². The van der Waals surface area contributed by atoms with E-state index >= 15 is 0 Å². The predicted octanol–water partition coefficient (Wildman–Crippen LogP) is 1.03. The minimum atomic E-state index is -2.00. The molecule has 1 saturated heterocycles. The molecule has 1 heterocycles. The first kappa shape index (κ1) is 26.3. The minimum Gasteiger partial charge on any atom is -0.507 e. The lowest BCUT2D eigenvalue weighted by molar-refractivity contribution is -0.247. The quantitative estimate of drug-likeness (QED) is 0.305. The van der Waals surface area contributed by atoms with Gasteiger partial charge in [-0.1, -0.05) is 12.1 Å². The van der Waals surface area contributed by atoms with Gasteiger partial charge in [0.25, 0.3) is 0 Å². The largest absolute Gasteiger partial charge is 0.507 e. The molecule has 2 aliphatic carbocycles. The number of methoxy groups -OCH3 is 1. The fourth-order valence-electron chi connectivity index (χ4n) is 5.66. The number of Topliss-reactive ketones (excluding diaryl/α,β-unsaturated/α-hetero) is 1. The van der Waals surface area contributed by atoms with Gasteiger partial charge in [0.1, 0.15) is 22.8 Å². The van der Waals surface area contributed by atoms with Crippen molar-refractivity contribution in [1.29, 1.82) is 0 Å². The molecule has 6 N–H and O–H groups in total. The third-order valence-electron chi connectivity index (χ3n) is 7.80. The van der Waals surface area contributed by atoms with Gasteiger partial charge in [-0.2, -0.15) is 0 Å². The van der Waals surface area contributed by atoms with Crippen LogP contribution in [0.25, 0.3) is 0 Å². The van der Waals surface area contributed by atoms with Gasteiger partial charge in [-0.15, -0.1) is 0 Å². The molecule has 0 saturated carbocycles. The van der Waals surface area contributed by atoms with E-state index in [1.54, 1.807) is 6.92 Å². The molecule has 3 aliphatic rings. The van der Waals surface area contributed by atoms with Gasteiger partial charge in [-0.25, -0.2) is 0 Å². The molecule has 0 spiro atoms. The molecule has 0 radical (unpaired) electrons. The molecule has 5 rings (SSSR count). The summed E-state index contributed by atoms with van der Waals surface area (Å²) in [5.74, 6) is -3.18. The van der Waals surface area contributed by atoms with E-state index < -0.39 is 82.6 Å². The highest BCUT2D eigenvalue weighted by atomic mass is 16.7. The molecule has 0 amide bonds. The van der Waals surface area contributed by atoms with Crippen LogP contribution in [-0.4, -0.2) is 75.0 Å². The molecule has 11 nitrogen and oxygen atoms in total. The Morgan fingerprint density at radius 2 is 1.82 bits per heavy atom. The lowest BCUT2D eigenvalue weighted by Gasteiger charge is -2.42. The zero-order valence-electron chi connectivity index (χ0n) is 21.1. The molecule has 6 atom stereocenters. The molecular weight excluding hydrogens is 498 g/mol. The number of fused-ring (bicyclic) bond motifs is 3. The van der Waals surface area contributed by atoms with Crippen molar-refractivity contribution in [2.45, 2.75) is 69.4 Å². The van der Waals surface area contributed by atoms with E-state index in [9.17, 15) is 34.8 Å². The summed E-state index contributed by atoms with van der Waals surface area (Å²) < 4.78 is 17.1. The smallest absolute Gasteiger partial charge is 0.202 e. The molecule has 2 aromatic carbocycles. The second-order valence-electron chi connectivity index (χ2n) is 10.1. The third-order valence-corrected chi connectivity index (χ3v) is 7.80. The number of phenols is 2. The van der Waals surface area contributed by atoms with Crippen LogP contribution in [-0.2, 0) is 20.7 Å². The number of ketones is 3. The minimum absolute atomic E-state index is 0.0147.